The summed E-state index contributed by atoms with van der Waals surface area (Å²) in [5.41, 5.74) is -0.746. The Hall–Kier alpha value is -1.03. The Morgan fingerprint density at radius 3 is 2.20 bits per heavy atom. The predicted molar refractivity (Wildman–Crippen MR) is 72.5 cm³/mol. The van der Waals surface area contributed by atoms with Crippen LogP contribution in [0.2, 0.25) is 0 Å². The van der Waals surface area contributed by atoms with Gasteiger partial charge in [-0.15, -0.1) is 0 Å². The second-order valence-electron chi connectivity index (χ2n) is 4.98. The van der Waals surface area contributed by atoms with Crippen molar-refractivity contribution in [3.8, 4) is 0 Å². The minimum atomic E-state index is -4.08. The molecule has 1 aromatic carbocycles. The van der Waals surface area contributed by atoms with E-state index in [1.807, 2.05) is 0 Å². The first-order valence-corrected chi connectivity index (χ1v) is 8.78. The van der Waals surface area contributed by atoms with Gasteiger partial charge in [-0.2, -0.15) is 0 Å². The van der Waals surface area contributed by atoms with Crippen LogP contribution in [0.3, 0.4) is 0 Å². The van der Waals surface area contributed by atoms with Gasteiger partial charge in [-0.05, 0) is 38.5 Å². The topological polar surface area (TPSA) is 106 Å². The van der Waals surface area contributed by atoms with Crippen molar-refractivity contribution in [2.24, 2.45) is 5.14 Å². The Labute approximate surface area is 118 Å². The molecule has 0 unspecified atom stereocenters. The maximum absolute atomic E-state index is 13.8. The monoisotopic (exact) mass is 324 g/mol. The average molecular weight is 324 g/mol. The van der Waals surface area contributed by atoms with Crippen molar-refractivity contribution >= 4 is 20.0 Å². The first-order chi connectivity index (χ1) is 8.89. The second-order valence-corrected chi connectivity index (χ2v) is 8.19. The highest BCUT2D eigenvalue weighted by molar-refractivity contribution is 7.89. The summed E-state index contributed by atoms with van der Waals surface area (Å²) in [6, 6.07) is 2.41. The first-order valence-electron chi connectivity index (χ1n) is 5.75. The van der Waals surface area contributed by atoms with Crippen molar-refractivity contribution in [3.05, 3.63) is 24.0 Å². The van der Waals surface area contributed by atoms with Gasteiger partial charge >= 0.3 is 0 Å². The Morgan fingerprint density at radius 1 is 1.25 bits per heavy atom. The van der Waals surface area contributed by atoms with Crippen LogP contribution < -0.4 is 9.86 Å². The van der Waals surface area contributed by atoms with Crippen molar-refractivity contribution in [1.29, 1.82) is 0 Å². The Kier molecular flexibility index (Phi) is 4.59. The predicted octanol–water partition coefficient (Wildman–Crippen LogP) is 0.940. The third-order valence-corrected chi connectivity index (χ3v) is 5.46. The molecule has 0 aliphatic carbocycles. The molecule has 0 bridgehead atoms. The van der Waals surface area contributed by atoms with Crippen LogP contribution in [0.4, 0.5) is 4.39 Å². The number of halogens is 1. The van der Waals surface area contributed by atoms with E-state index in [4.69, 9.17) is 5.14 Å². The summed E-state index contributed by atoms with van der Waals surface area (Å²) in [4.78, 5) is -1.10. The van der Waals surface area contributed by atoms with E-state index in [-0.39, 0.29) is 0 Å². The molecule has 6 nitrogen and oxygen atoms in total. The summed E-state index contributed by atoms with van der Waals surface area (Å²) in [6.45, 7) is 5.09. The van der Waals surface area contributed by atoms with Gasteiger partial charge in [-0.1, -0.05) is 6.92 Å². The van der Waals surface area contributed by atoms with Crippen LogP contribution in [0.1, 0.15) is 27.2 Å². The summed E-state index contributed by atoms with van der Waals surface area (Å²) in [7, 11) is -8.17. The van der Waals surface area contributed by atoms with Crippen LogP contribution in [-0.4, -0.2) is 22.4 Å². The minimum absolute atomic E-state index is 0.483. The van der Waals surface area contributed by atoms with E-state index in [1.54, 1.807) is 20.8 Å². The minimum Gasteiger partial charge on any atom is -0.225 e. The SMILES string of the molecule is CCC(C)(C)NS(=O)(=O)c1ccc(S(N)(=O)=O)cc1F. The summed E-state index contributed by atoms with van der Waals surface area (Å²) < 4.78 is 62.4. The molecule has 9 heteroatoms. The van der Waals surface area contributed by atoms with Crippen LogP contribution in [0.15, 0.2) is 28.0 Å². The molecule has 0 aromatic heterocycles. The second kappa shape index (κ2) is 5.40. The molecule has 0 spiro atoms. The van der Waals surface area contributed by atoms with E-state index < -0.39 is 41.2 Å². The molecular formula is C11H17FN2O4S2. The molecule has 1 rings (SSSR count). The molecule has 0 aliphatic heterocycles. The highest BCUT2D eigenvalue weighted by Crippen LogP contribution is 2.20. The fraction of sp³-hybridized carbons (Fsp3) is 0.455. The van der Waals surface area contributed by atoms with Crippen LogP contribution in [0.5, 0.6) is 0 Å². The fourth-order valence-electron chi connectivity index (χ4n) is 1.37. The van der Waals surface area contributed by atoms with Gasteiger partial charge in [0.25, 0.3) is 0 Å². The molecule has 0 atom stereocenters. The number of nitrogens with one attached hydrogen (secondary N) is 1. The zero-order valence-electron chi connectivity index (χ0n) is 11.3. The number of hydrogen-bond donors (Lipinski definition) is 2. The molecule has 0 saturated carbocycles. The quantitative estimate of drug-likeness (QED) is 0.840. The molecule has 0 fully saturated rings. The summed E-state index contributed by atoms with van der Waals surface area (Å²) in [5.74, 6) is -1.17. The number of rotatable bonds is 5. The fourth-order valence-corrected chi connectivity index (χ4v) is 3.44. The molecular weight excluding hydrogens is 307 g/mol. The van der Waals surface area contributed by atoms with Gasteiger partial charge in [0.15, 0.2) is 0 Å². The molecule has 0 amide bonds. The number of sulfonamides is 2. The lowest BCUT2D eigenvalue weighted by atomic mass is 10.0. The molecule has 3 N–H and O–H groups in total. The van der Waals surface area contributed by atoms with E-state index in [2.05, 4.69) is 4.72 Å². The summed E-state index contributed by atoms with van der Waals surface area (Å²) in [5, 5.41) is 4.85. The third kappa shape index (κ3) is 3.98. The molecule has 20 heavy (non-hydrogen) atoms. The van der Waals surface area contributed by atoms with E-state index in [0.29, 0.717) is 12.5 Å². The van der Waals surface area contributed by atoms with Crippen LogP contribution in [-0.2, 0) is 20.0 Å². The lowest BCUT2D eigenvalue weighted by Gasteiger charge is -2.24. The van der Waals surface area contributed by atoms with Gasteiger partial charge in [-0.3, -0.25) is 0 Å². The number of primary sulfonamides is 1. The lowest BCUT2D eigenvalue weighted by molar-refractivity contribution is 0.437. The smallest absolute Gasteiger partial charge is 0.225 e. The molecule has 0 heterocycles. The third-order valence-electron chi connectivity index (χ3n) is 2.82. The number of nitrogens with two attached hydrogens (primary N) is 1. The van der Waals surface area contributed by atoms with E-state index in [9.17, 15) is 21.2 Å². The van der Waals surface area contributed by atoms with Crippen LogP contribution in [0.25, 0.3) is 0 Å². The molecule has 0 saturated heterocycles. The van der Waals surface area contributed by atoms with Crippen molar-refractivity contribution < 1.29 is 21.2 Å². The first kappa shape index (κ1) is 17.0. The standard InChI is InChI=1S/C11H17FN2O4S2/c1-4-11(2,3)14-20(17,18)10-6-5-8(7-9(10)12)19(13,15)16/h5-7,14H,4H2,1-3H3,(H2,13,15,16). The molecule has 0 aliphatic rings. The normalized spacial score (nSPS) is 13.4. The highest BCUT2D eigenvalue weighted by Gasteiger charge is 2.27. The largest absolute Gasteiger partial charge is 0.243 e. The Balaban J connectivity index is 3.28. The van der Waals surface area contributed by atoms with E-state index in [0.717, 1.165) is 12.1 Å². The highest BCUT2D eigenvalue weighted by atomic mass is 32.2. The summed E-state index contributed by atoms with van der Waals surface area (Å²) in [6.07, 6.45) is 0.503. The van der Waals surface area contributed by atoms with Crippen molar-refractivity contribution in [3.63, 3.8) is 0 Å². The lowest BCUT2D eigenvalue weighted by Crippen LogP contribution is -2.42. The maximum Gasteiger partial charge on any atom is 0.243 e. The van der Waals surface area contributed by atoms with Gasteiger partial charge in [0.2, 0.25) is 20.0 Å². The van der Waals surface area contributed by atoms with Crippen molar-refractivity contribution in [1.82, 2.24) is 4.72 Å². The molecule has 114 valence electrons. The van der Waals surface area contributed by atoms with Gasteiger partial charge < -0.3 is 0 Å². The van der Waals surface area contributed by atoms with Gasteiger partial charge in [0.05, 0.1) is 4.90 Å². The van der Waals surface area contributed by atoms with E-state index >= 15 is 0 Å². The van der Waals surface area contributed by atoms with Gasteiger partial charge in [0, 0.05) is 5.54 Å². The maximum atomic E-state index is 13.8. The Morgan fingerprint density at radius 2 is 1.80 bits per heavy atom. The number of benzene rings is 1. The zero-order chi connectivity index (χ0) is 15.8. The number of hydrogen-bond acceptors (Lipinski definition) is 4. The van der Waals surface area contributed by atoms with Gasteiger partial charge in [0.1, 0.15) is 10.7 Å². The van der Waals surface area contributed by atoms with E-state index in [1.165, 1.54) is 0 Å². The zero-order valence-corrected chi connectivity index (χ0v) is 13.0. The summed E-state index contributed by atoms with van der Waals surface area (Å²) >= 11 is 0. The van der Waals surface area contributed by atoms with Crippen LogP contribution in [0, 0.1) is 5.82 Å². The van der Waals surface area contributed by atoms with Crippen LogP contribution >= 0.6 is 0 Å². The van der Waals surface area contributed by atoms with Crippen molar-refractivity contribution in [2.75, 3.05) is 0 Å². The van der Waals surface area contributed by atoms with Crippen molar-refractivity contribution in [2.45, 2.75) is 42.5 Å². The molecule has 0 radical (unpaired) electrons. The average Bonchev–Trinajstić information content (AvgIpc) is 2.26. The molecule has 1 aromatic rings. The van der Waals surface area contributed by atoms with Gasteiger partial charge in [-0.25, -0.2) is 31.1 Å². The Bertz CT molecular complexity index is 712.